The van der Waals surface area contributed by atoms with Gasteiger partial charge in [-0.2, -0.15) is 0 Å². The number of hydrogen-bond donors (Lipinski definition) is 1. The van der Waals surface area contributed by atoms with Crippen LogP contribution in [0.4, 0.5) is 0 Å². The molecule has 0 spiro atoms. The van der Waals surface area contributed by atoms with Crippen LogP contribution < -0.4 is 14.8 Å². The molecule has 0 saturated heterocycles. The van der Waals surface area contributed by atoms with E-state index >= 15 is 0 Å². The standard InChI is InChI=1S/C10H13NO2/c1-12-9-3-7-5-11-6-8(7)4-10(9)13-2/h3-4,11H,5-6H2,1-2H3. The smallest absolute Gasteiger partial charge is 0.161 e. The highest BCUT2D eigenvalue weighted by Crippen LogP contribution is 2.32. The fourth-order valence-electron chi connectivity index (χ4n) is 1.62. The van der Waals surface area contributed by atoms with Crippen LogP contribution in [-0.4, -0.2) is 14.2 Å². The molecule has 1 aromatic carbocycles. The lowest BCUT2D eigenvalue weighted by atomic mass is 10.1. The SMILES string of the molecule is COc1cc2c(cc1OC)CNC2. The zero-order valence-corrected chi connectivity index (χ0v) is 7.89. The van der Waals surface area contributed by atoms with Crippen molar-refractivity contribution in [1.82, 2.24) is 5.32 Å². The highest BCUT2D eigenvalue weighted by molar-refractivity contribution is 5.48. The van der Waals surface area contributed by atoms with Crippen LogP contribution in [0.2, 0.25) is 0 Å². The molecule has 1 N–H and O–H groups in total. The quantitative estimate of drug-likeness (QED) is 0.742. The van der Waals surface area contributed by atoms with Gasteiger partial charge in [-0.3, -0.25) is 0 Å². The molecule has 70 valence electrons. The number of hydrogen-bond acceptors (Lipinski definition) is 3. The Morgan fingerprint density at radius 2 is 1.46 bits per heavy atom. The topological polar surface area (TPSA) is 30.5 Å². The molecular formula is C10H13NO2. The van der Waals surface area contributed by atoms with E-state index in [1.165, 1.54) is 11.1 Å². The average molecular weight is 179 g/mol. The first-order valence-corrected chi connectivity index (χ1v) is 4.29. The van der Waals surface area contributed by atoms with Gasteiger partial charge in [-0.1, -0.05) is 0 Å². The first kappa shape index (κ1) is 8.38. The number of methoxy groups -OCH3 is 2. The zero-order chi connectivity index (χ0) is 9.26. The maximum absolute atomic E-state index is 5.21. The number of benzene rings is 1. The second-order valence-corrected chi connectivity index (χ2v) is 3.08. The van der Waals surface area contributed by atoms with Gasteiger partial charge in [-0.05, 0) is 23.3 Å². The van der Waals surface area contributed by atoms with Crippen LogP contribution in [0, 0.1) is 0 Å². The molecule has 1 aliphatic rings. The van der Waals surface area contributed by atoms with Crippen molar-refractivity contribution < 1.29 is 9.47 Å². The average Bonchev–Trinajstić information content (AvgIpc) is 2.62. The Bertz CT molecular complexity index is 292. The molecule has 2 rings (SSSR count). The fraction of sp³-hybridized carbons (Fsp3) is 0.400. The lowest BCUT2D eigenvalue weighted by molar-refractivity contribution is 0.354. The number of rotatable bonds is 2. The second kappa shape index (κ2) is 3.26. The molecule has 1 heterocycles. The summed E-state index contributed by atoms with van der Waals surface area (Å²) in [6, 6.07) is 4.07. The lowest BCUT2D eigenvalue weighted by Gasteiger charge is -2.09. The minimum Gasteiger partial charge on any atom is -0.493 e. The number of fused-ring (bicyclic) bond motifs is 1. The molecule has 0 aromatic heterocycles. The predicted molar refractivity (Wildman–Crippen MR) is 50.1 cm³/mol. The van der Waals surface area contributed by atoms with Crippen molar-refractivity contribution in [3.8, 4) is 11.5 Å². The zero-order valence-electron chi connectivity index (χ0n) is 7.89. The molecule has 3 heteroatoms. The molecule has 0 radical (unpaired) electrons. The highest BCUT2D eigenvalue weighted by Gasteiger charge is 2.14. The second-order valence-electron chi connectivity index (χ2n) is 3.08. The molecule has 0 fully saturated rings. The molecule has 1 aromatic rings. The van der Waals surface area contributed by atoms with Gasteiger partial charge < -0.3 is 14.8 Å². The largest absolute Gasteiger partial charge is 0.493 e. The van der Waals surface area contributed by atoms with E-state index in [9.17, 15) is 0 Å². The lowest BCUT2D eigenvalue weighted by Crippen LogP contribution is -1.99. The number of nitrogens with one attached hydrogen (secondary N) is 1. The van der Waals surface area contributed by atoms with E-state index in [2.05, 4.69) is 5.32 Å². The highest BCUT2D eigenvalue weighted by atomic mass is 16.5. The van der Waals surface area contributed by atoms with E-state index in [4.69, 9.17) is 9.47 Å². The van der Waals surface area contributed by atoms with E-state index in [0.717, 1.165) is 24.6 Å². The Labute approximate surface area is 77.7 Å². The van der Waals surface area contributed by atoms with E-state index < -0.39 is 0 Å². The maximum Gasteiger partial charge on any atom is 0.161 e. The normalized spacial score (nSPS) is 14.0. The summed E-state index contributed by atoms with van der Waals surface area (Å²) in [5.41, 5.74) is 2.61. The minimum absolute atomic E-state index is 0.810. The van der Waals surface area contributed by atoms with Gasteiger partial charge in [0.2, 0.25) is 0 Å². The van der Waals surface area contributed by atoms with Crippen molar-refractivity contribution in [2.75, 3.05) is 14.2 Å². The summed E-state index contributed by atoms with van der Waals surface area (Å²) in [5, 5.41) is 3.28. The molecule has 0 bridgehead atoms. The first-order chi connectivity index (χ1) is 6.35. The monoisotopic (exact) mass is 179 g/mol. The van der Waals surface area contributed by atoms with Gasteiger partial charge in [0.15, 0.2) is 11.5 Å². The molecule has 13 heavy (non-hydrogen) atoms. The van der Waals surface area contributed by atoms with Crippen molar-refractivity contribution in [3.05, 3.63) is 23.3 Å². The molecule has 0 atom stereocenters. The summed E-state index contributed by atoms with van der Waals surface area (Å²) >= 11 is 0. The first-order valence-electron chi connectivity index (χ1n) is 4.29. The van der Waals surface area contributed by atoms with Crippen molar-refractivity contribution in [2.24, 2.45) is 0 Å². The Kier molecular flexibility index (Phi) is 2.10. The van der Waals surface area contributed by atoms with Crippen LogP contribution in [0.25, 0.3) is 0 Å². The Balaban J connectivity index is 2.47. The summed E-state index contributed by atoms with van der Waals surface area (Å²) in [5.74, 6) is 1.62. The predicted octanol–water partition coefficient (Wildman–Crippen LogP) is 1.31. The fourth-order valence-corrected chi connectivity index (χ4v) is 1.62. The van der Waals surface area contributed by atoms with Gasteiger partial charge >= 0.3 is 0 Å². The van der Waals surface area contributed by atoms with Gasteiger partial charge in [0.25, 0.3) is 0 Å². The molecule has 1 aliphatic heterocycles. The van der Waals surface area contributed by atoms with Gasteiger partial charge in [0.05, 0.1) is 14.2 Å². The molecule has 0 aliphatic carbocycles. The van der Waals surface area contributed by atoms with Gasteiger partial charge in [-0.25, -0.2) is 0 Å². The summed E-state index contributed by atoms with van der Waals surface area (Å²) in [4.78, 5) is 0. The van der Waals surface area contributed by atoms with Gasteiger partial charge in [0, 0.05) is 13.1 Å². The molecular weight excluding hydrogens is 166 g/mol. The summed E-state index contributed by atoms with van der Waals surface area (Å²) in [6.07, 6.45) is 0. The minimum atomic E-state index is 0.810. The molecule has 0 unspecified atom stereocenters. The van der Waals surface area contributed by atoms with Crippen molar-refractivity contribution >= 4 is 0 Å². The Hall–Kier alpha value is -1.22. The van der Waals surface area contributed by atoms with E-state index in [1.54, 1.807) is 14.2 Å². The molecule has 0 saturated carbocycles. The Morgan fingerprint density at radius 1 is 1.00 bits per heavy atom. The summed E-state index contributed by atoms with van der Waals surface area (Å²) < 4.78 is 10.4. The molecule has 0 amide bonds. The number of ether oxygens (including phenoxy) is 2. The van der Waals surface area contributed by atoms with Crippen molar-refractivity contribution in [2.45, 2.75) is 13.1 Å². The van der Waals surface area contributed by atoms with Gasteiger partial charge in [-0.15, -0.1) is 0 Å². The van der Waals surface area contributed by atoms with Crippen molar-refractivity contribution in [3.63, 3.8) is 0 Å². The maximum atomic E-state index is 5.21. The van der Waals surface area contributed by atoms with E-state index in [1.807, 2.05) is 12.1 Å². The van der Waals surface area contributed by atoms with Crippen LogP contribution in [0.1, 0.15) is 11.1 Å². The van der Waals surface area contributed by atoms with E-state index in [-0.39, 0.29) is 0 Å². The van der Waals surface area contributed by atoms with Crippen molar-refractivity contribution in [1.29, 1.82) is 0 Å². The van der Waals surface area contributed by atoms with Crippen LogP contribution in [0.5, 0.6) is 11.5 Å². The van der Waals surface area contributed by atoms with Crippen LogP contribution >= 0.6 is 0 Å². The third kappa shape index (κ3) is 1.35. The van der Waals surface area contributed by atoms with Gasteiger partial charge in [0.1, 0.15) is 0 Å². The summed E-state index contributed by atoms with van der Waals surface area (Å²) in [6.45, 7) is 1.85. The van der Waals surface area contributed by atoms with Crippen LogP contribution in [-0.2, 0) is 13.1 Å². The molecule has 3 nitrogen and oxygen atoms in total. The van der Waals surface area contributed by atoms with Crippen LogP contribution in [0.15, 0.2) is 12.1 Å². The van der Waals surface area contributed by atoms with Crippen LogP contribution in [0.3, 0.4) is 0 Å². The third-order valence-corrected chi connectivity index (χ3v) is 2.34. The van der Waals surface area contributed by atoms with E-state index in [0.29, 0.717) is 0 Å². The Morgan fingerprint density at radius 3 is 1.85 bits per heavy atom. The third-order valence-electron chi connectivity index (χ3n) is 2.34. The summed E-state index contributed by atoms with van der Waals surface area (Å²) in [7, 11) is 3.32.